The summed E-state index contributed by atoms with van der Waals surface area (Å²) in [5, 5.41) is 2.92. The predicted octanol–water partition coefficient (Wildman–Crippen LogP) is 7.21. The molecule has 1 N–H and O–H groups in total. The Morgan fingerprint density at radius 1 is 1.00 bits per heavy atom. The molecule has 3 aromatic rings. The minimum Gasteiger partial charge on any atom is -0.492 e. The van der Waals surface area contributed by atoms with E-state index < -0.39 is 16.7 Å². The molecule has 40 heavy (non-hydrogen) atoms. The normalized spacial score (nSPS) is 14.7. The van der Waals surface area contributed by atoms with Gasteiger partial charge in [-0.2, -0.15) is 0 Å². The highest BCUT2D eigenvalue weighted by molar-refractivity contribution is 6.65. The number of rotatable bonds is 10. The third-order valence-electron chi connectivity index (χ3n) is 7.45. The van der Waals surface area contributed by atoms with Crippen LogP contribution in [0.2, 0.25) is 5.02 Å². The van der Waals surface area contributed by atoms with E-state index in [1.165, 1.54) is 0 Å². The molecule has 0 radical (unpaired) electrons. The smallest absolute Gasteiger partial charge is 0.270 e. The average molecular weight is 583 g/mol. The molecule has 8 heteroatoms. The van der Waals surface area contributed by atoms with E-state index in [9.17, 15) is 9.59 Å². The summed E-state index contributed by atoms with van der Waals surface area (Å²) < 4.78 is 6.03. The number of hydrogen-bond acceptors (Lipinski definition) is 5. The van der Waals surface area contributed by atoms with E-state index in [0.29, 0.717) is 35.9 Å². The van der Waals surface area contributed by atoms with Crippen molar-refractivity contribution < 1.29 is 14.3 Å². The minimum atomic E-state index is -1.06. The Balaban J connectivity index is 1.74. The number of aromatic nitrogens is 1. The highest BCUT2D eigenvalue weighted by Gasteiger charge is 2.40. The number of halogens is 2. The molecule has 0 atom stereocenters. The maximum Gasteiger partial charge on any atom is 0.270 e. The Bertz CT molecular complexity index is 1380. The van der Waals surface area contributed by atoms with Gasteiger partial charge in [0, 0.05) is 17.7 Å². The van der Waals surface area contributed by atoms with Crippen LogP contribution in [0.3, 0.4) is 0 Å². The molecule has 1 aliphatic rings. The molecular formula is C32H37Cl2N3O3. The lowest BCUT2D eigenvalue weighted by atomic mass is 9.82. The molecule has 212 valence electrons. The van der Waals surface area contributed by atoms with E-state index in [0.717, 1.165) is 60.0 Å². The lowest BCUT2D eigenvalue weighted by Gasteiger charge is -2.34. The summed E-state index contributed by atoms with van der Waals surface area (Å²) in [6.45, 7) is 5.55. The van der Waals surface area contributed by atoms with E-state index in [1.54, 1.807) is 12.1 Å². The fourth-order valence-corrected chi connectivity index (χ4v) is 5.68. The second-order valence-corrected chi connectivity index (χ2v) is 11.7. The van der Waals surface area contributed by atoms with Crippen molar-refractivity contribution in [2.45, 2.75) is 57.9 Å². The van der Waals surface area contributed by atoms with E-state index in [2.05, 4.69) is 42.3 Å². The van der Waals surface area contributed by atoms with Gasteiger partial charge in [-0.25, -0.2) is 4.98 Å². The molecule has 0 unspecified atom stereocenters. The summed E-state index contributed by atoms with van der Waals surface area (Å²) in [6.07, 6.45) is 4.61. The van der Waals surface area contributed by atoms with Gasteiger partial charge in [0.05, 0.1) is 17.3 Å². The molecule has 0 bridgehead atoms. The lowest BCUT2D eigenvalue weighted by Crippen LogP contribution is -2.54. The van der Waals surface area contributed by atoms with Crippen LogP contribution in [-0.2, 0) is 4.79 Å². The first-order valence-corrected chi connectivity index (χ1v) is 14.5. The van der Waals surface area contributed by atoms with Crippen LogP contribution in [0.25, 0.3) is 22.4 Å². The van der Waals surface area contributed by atoms with E-state index in [-0.39, 0.29) is 5.69 Å². The Labute approximate surface area is 247 Å². The summed E-state index contributed by atoms with van der Waals surface area (Å²) >= 11 is 12.5. The third-order valence-corrected chi connectivity index (χ3v) is 8.12. The number of carbonyl (C=O) groups excluding carboxylic acids is 2. The van der Waals surface area contributed by atoms with Crippen LogP contribution >= 0.6 is 23.2 Å². The van der Waals surface area contributed by atoms with Gasteiger partial charge in [0.2, 0.25) is 5.24 Å². The zero-order valence-electron chi connectivity index (χ0n) is 23.7. The van der Waals surface area contributed by atoms with Crippen LogP contribution in [0.1, 0.15) is 60.1 Å². The van der Waals surface area contributed by atoms with Crippen LogP contribution in [0, 0.1) is 13.8 Å². The molecular weight excluding hydrogens is 545 g/mol. The Morgan fingerprint density at radius 3 is 2.40 bits per heavy atom. The quantitative estimate of drug-likeness (QED) is 0.202. The van der Waals surface area contributed by atoms with E-state index in [1.807, 2.05) is 32.3 Å². The van der Waals surface area contributed by atoms with Gasteiger partial charge in [-0.3, -0.25) is 9.59 Å². The summed E-state index contributed by atoms with van der Waals surface area (Å²) in [5.41, 5.74) is 4.73. The van der Waals surface area contributed by atoms with Gasteiger partial charge >= 0.3 is 0 Å². The first kappa shape index (κ1) is 30.0. The predicted molar refractivity (Wildman–Crippen MR) is 162 cm³/mol. The van der Waals surface area contributed by atoms with Gasteiger partial charge in [0.1, 0.15) is 17.0 Å². The fraction of sp³-hybridized carbons (Fsp3) is 0.406. The number of ether oxygens (including phenoxy) is 1. The maximum atomic E-state index is 13.5. The highest BCUT2D eigenvalue weighted by atomic mass is 35.5. The molecule has 1 aromatic heterocycles. The van der Waals surface area contributed by atoms with Gasteiger partial charge < -0.3 is 15.0 Å². The third kappa shape index (κ3) is 7.03. The number of amides is 1. The van der Waals surface area contributed by atoms with Gasteiger partial charge in [0.25, 0.3) is 5.91 Å². The monoisotopic (exact) mass is 581 g/mol. The SMILES string of the molecule is Cc1ccc(-c2ccc(C(=O)NC3(C(=O)Cl)CCCCC3)nc2-c2ccc(Cl)c(OCCCN(C)C)c2)c(C)c1. The maximum absolute atomic E-state index is 13.5. The molecule has 1 heterocycles. The van der Waals surface area contributed by atoms with Crippen molar-refractivity contribution >= 4 is 34.4 Å². The van der Waals surface area contributed by atoms with Crippen molar-refractivity contribution in [2.24, 2.45) is 0 Å². The second kappa shape index (κ2) is 13.2. The molecule has 2 aromatic carbocycles. The number of nitrogens with zero attached hydrogens (tertiary/aromatic N) is 2. The standard InChI is InChI=1S/C32H37Cl2N3O3/c1-21-9-11-24(22(2)19-21)25-12-14-27(30(38)36-32(31(34)39)15-6-5-7-16-32)35-29(25)23-10-13-26(33)28(20-23)40-18-8-17-37(3)4/h9-14,19-20H,5-8,15-18H2,1-4H3,(H,36,38). The lowest BCUT2D eigenvalue weighted by molar-refractivity contribution is -0.118. The molecule has 0 spiro atoms. The van der Waals surface area contributed by atoms with Crippen LogP contribution in [0.4, 0.5) is 0 Å². The topological polar surface area (TPSA) is 71.5 Å². The fourth-order valence-electron chi connectivity index (χ4n) is 5.27. The Hall–Kier alpha value is -2.93. The molecule has 0 saturated heterocycles. The van der Waals surface area contributed by atoms with Gasteiger partial charge in [-0.15, -0.1) is 0 Å². The van der Waals surface area contributed by atoms with Crippen molar-refractivity contribution in [3.05, 3.63) is 70.4 Å². The van der Waals surface area contributed by atoms with Crippen molar-refractivity contribution in [2.75, 3.05) is 27.2 Å². The number of benzene rings is 2. The van der Waals surface area contributed by atoms with Gasteiger partial charge in [0.15, 0.2) is 0 Å². The van der Waals surface area contributed by atoms with Crippen molar-refractivity contribution in [3.63, 3.8) is 0 Å². The first-order chi connectivity index (χ1) is 19.1. The van der Waals surface area contributed by atoms with E-state index in [4.69, 9.17) is 32.9 Å². The highest BCUT2D eigenvalue weighted by Crippen LogP contribution is 2.37. The minimum absolute atomic E-state index is 0.217. The van der Waals surface area contributed by atoms with Crippen LogP contribution in [0.5, 0.6) is 5.75 Å². The number of hydrogen-bond donors (Lipinski definition) is 1. The van der Waals surface area contributed by atoms with Gasteiger partial charge in [-0.1, -0.05) is 60.7 Å². The summed E-state index contributed by atoms with van der Waals surface area (Å²) in [6, 6.07) is 15.4. The summed E-state index contributed by atoms with van der Waals surface area (Å²) in [4.78, 5) is 32.8. The molecule has 1 saturated carbocycles. The first-order valence-electron chi connectivity index (χ1n) is 13.8. The van der Waals surface area contributed by atoms with E-state index >= 15 is 0 Å². The number of carbonyl (C=O) groups is 2. The summed E-state index contributed by atoms with van der Waals surface area (Å²) in [5.74, 6) is 0.147. The zero-order valence-corrected chi connectivity index (χ0v) is 25.2. The molecule has 1 fully saturated rings. The second-order valence-electron chi connectivity index (χ2n) is 10.9. The van der Waals surface area contributed by atoms with Crippen molar-refractivity contribution in [3.8, 4) is 28.1 Å². The Morgan fingerprint density at radius 2 is 1.73 bits per heavy atom. The largest absolute Gasteiger partial charge is 0.492 e. The Kier molecular flexibility index (Phi) is 9.88. The number of pyridine rings is 1. The van der Waals surface area contributed by atoms with Gasteiger partial charge in [-0.05, 0) is 94.2 Å². The molecule has 6 nitrogen and oxygen atoms in total. The molecule has 1 amide bonds. The number of aryl methyl sites for hydroxylation is 2. The number of nitrogens with one attached hydrogen (secondary N) is 1. The molecule has 0 aliphatic heterocycles. The van der Waals surface area contributed by atoms with Crippen LogP contribution < -0.4 is 10.1 Å². The van der Waals surface area contributed by atoms with Crippen LogP contribution in [-0.4, -0.2) is 53.8 Å². The van der Waals surface area contributed by atoms with Crippen LogP contribution in [0.15, 0.2) is 48.5 Å². The van der Waals surface area contributed by atoms with Crippen molar-refractivity contribution in [1.82, 2.24) is 15.2 Å². The zero-order chi connectivity index (χ0) is 28.9. The molecule has 4 rings (SSSR count). The van der Waals surface area contributed by atoms with Crippen molar-refractivity contribution in [1.29, 1.82) is 0 Å². The summed E-state index contributed by atoms with van der Waals surface area (Å²) in [7, 11) is 4.05. The molecule has 1 aliphatic carbocycles. The average Bonchev–Trinajstić information content (AvgIpc) is 2.92.